The Kier molecular flexibility index (Phi) is 4.27. The lowest BCUT2D eigenvalue weighted by molar-refractivity contribution is 0.622. The molecular weight excluding hydrogens is 234 g/mol. The highest BCUT2D eigenvalue weighted by Crippen LogP contribution is 2.26. The molecule has 19 heavy (non-hydrogen) atoms. The molecule has 1 heterocycles. The minimum absolute atomic E-state index is 0.158. The summed E-state index contributed by atoms with van der Waals surface area (Å²) >= 11 is 0. The molecule has 0 aliphatic heterocycles. The Hall–Kier alpha value is -1.74. The third-order valence-electron chi connectivity index (χ3n) is 3.52. The van der Waals surface area contributed by atoms with Gasteiger partial charge in [0.25, 0.3) is 0 Å². The number of hydrogen-bond acceptors (Lipinski definition) is 3. The van der Waals surface area contributed by atoms with Gasteiger partial charge in [-0.3, -0.25) is 0 Å². The van der Waals surface area contributed by atoms with E-state index in [0.717, 1.165) is 12.1 Å². The second kappa shape index (κ2) is 5.93. The summed E-state index contributed by atoms with van der Waals surface area (Å²) in [7, 11) is 0. The summed E-state index contributed by atoms with van der Waals surface area (Å²) < 4.78 is 0. The summed E-state index contributed by atoms with van der Waals surface area (Å²) in [6.07, 6.45) is 5.34. The predicted molar refractivity (Wildman–Crippen MR) is 78.2 cm³/mol. The Morgan fingerprint density at radius 2 is 1.63 bits per heavy atom. The fraction of sp³-hybridized carbons (Fsp3) is 0.375. The van der Waals surface area contributed by atoms with Crippen molar-refractivity contribution in [3.8, 4) is 0 Å². The molecule has 0 amide bonds. The molecule has 1 N–H and O–H groups in total. The monoisotopic (exact) mass is 255 g/mol. The van der Waals surface area contributed by atoms with Crippen LogP contribution in [0.3, 0.4) is 0 Å². The molecule has 1 atom stereocenters. The minimum atomic E-state index is 0.158. The smallest absolute Gasteiger partial charge is 0.115 e. The highest BCUT2D eigenvalue weighted by molar-refractivity contribution is 5.41. The molecule has 1 unspecified atom stereocenters. The molecule has 0 saturated carbocycles. The highest BCUT2D eigenvalue weighted by atomic mass is 14.9. The van der Waals surface area contributed by atoms with Crippen LogP contribution >= 0.6 is 0 Å². The quantitative estimate of drug-likeness (QED) is 0.912. The first-order chi connectivity index (χ1) is 9.13. The Morgan fingerprint density at radius 3 is 2.26 bits per heavy atom. The summed E-state index contributed by atoms with van der Waals surface area (Å²) in [6.45, 7) is 9.50. The molecule has 0 bridgehead atoms. The van der Waals surface area contributed by atoms with Gasteiger partial charge in [-0.25, -0.2) is 9.97 Å². The van der Waals surface area contributed by atoms with E-state index in [2.05, 4.69) is 55.1 Å². The molecule has 1 aromatic carbocycles. The van der Waals surface area contributed by atoms with Crippen molar-refractivity contribution in [2.24, 2.45) is 0 Å². The number of hydrogen-bond donors (Lipinski definition) is 1. The first-order valence-electron chi connectivity index (χ1n) is 6.69. The van der Waals surface area contributed by atoms with Crippen molar-refractivity contribution < 1.29 is 0 Å². The lowest BCUT2D eigenvalue weighted by Gasteiger charge is -2.21. The fourth-order valence-electron chi connectivity index (χ4n) is 2.37. The second-order valence-corrected chi connectivity index (χ2v) is 4.96. The van der Waals surface area contributed by atoms with Gasteiger partial charge < -0.3 is 5.32 Å². The van der Waals surface area contributed by atoms with Crippen LogP contribution in [0.2, 0.25) is 0 Å². The molecule has 3 heteroatoms. The summed E-state index contributed by atoms with van der Waals surface area (Å²) in [5, 5.41) is 3.52. The summed E-state index contributed by atoms with van der Waals surface area (Å²) in [5.74, 6) is 0. The van der Waals surface area contributed by atoms with E-state index in [0.29, 0.717) is 0 Å². The summed E-state index contributed by atoms with van der Waals surface area (Å²) in [5.41, 5.74) is 6.37. The molecule has 0 radical (unpaired) electrons. The maximum atomic E-state index is 4.13. The van der Waals surface area contributed by atoms with E-state index in [1.54, 1.807) is 6.33 Å². The van der Waals surface area contributed by atoms with Gasteiger partial charge in [0.1, 0.15) is 6.33 Å². The van der Waals surface area contributed by atoms with Crippen molar-refractivity contribution in [2.75, 3.05) is 6.54 Å². The van der Waals surface area contributed by atoms with E-state index in [-0.39, 0.29) is 6.04 Å². The molecule has 0 saturated heterocycles. The fourth-order valence-corrected chi connectivity index (χ4v) is 2.37. The molecule has 2 aromatic rings. The van der Waals surface area contributed by atoms with Crippen LogP contribution in [0.4, 0.5) is 0 Å². The number of aromatic nitrogens is 2. The number of benzene rings is 1. The summed E-state index contributed by atoms with van der Waals surface area (Å²) in [6, 6.07) is 4.68. The van der Waals surface area contributed by atoms with Crippen LogP contribution < -0.4 is 5.32 Å². The highest BCUT2D eigenvalue weighted by Gasteiger charge is 2.16. The number of aryl methyl sites for hydroxylation is 3. The van der Waals surface area contributed by atoms with Crippen molar-refractivity contribution in [1.29, 1.82) is 0 Å². The van der Waals surface area contributed by atoms with Crippen molar-refractivity contribution >= 4 is 0 Å². The minimum Gasteiger partial charge on any atom is -0.306 e. The topological polar surface area (TPSA) is 37.8 Å². The first-order valence-corrected chi connectivity index (χ1v) is 6.69. The van der Waals surface area contributed by atoms with Crippen molar-refractivity contribution in [1.82, 2.24) is 15.3 Å². The molecule has 0 fully saturated rings. The second-order valence-electron chi connectivity index (χ2n) is 4.96. The zero-order valence-electron chi connectivity index (χ0n) is 12.1. The lowest BCUT2D eigenvalue weighted by atomic mass is 9.93. The van der Waals surface area contributed by atoms with Gasteiger partial charge in [-0.05, 0) is 49.6 Å². The molecule has 100 valence electrons. The normalized spacial score (nSPS) is 12.4. The van der Waals surface area contributed by atoms with Gasteiger partial charge in [0, 0.05) is 18.0 Å². The van der Waals surface area contributed by atoms with Crippen LogP contribution in [0.15, 0.2) is 30.9 Å². The Balaban J connectivity index is 2.48. The maximum absolute atomic E-state index is 4.13. The van der Waals surface area contributed by atoms with Crippen LogP contribution in [0.5, 0.6) is 0 Å². The first kappa shape index (κ1) is 13.7. The van der Waals surface area contributed by atoms with Gasteiger partial charge in [-0.15, -0.1) is 0 Å². The van der Waals surface area contributed by atoms with Gasteiger partial charge in [0.05, 0.1) is 6.04 Å². The van der Waals surface area contributed by atoms with Crippen LogP contribution in [-0.2, 0) is 0 Å². The van der Waals surface area contributed by atoms with Gasteiger partial charge in [-0.1, -0.05) is 19.1 Å². The Bertz CT molecular complexity index is 549. The molecule has 2 rings (SSSR count). The van der Waals surface area contributed by atoms with Crippen LogP contribution in [0.25, 0.3) is 0 Å². The third kappa shape index (κ3) is 2.99. The summed E-state index contributed by atoms with van der Waals surface area (Å²) in [4.78, 5) is 8.26. The lowest BCUT2D eigenvalue weighted by Crippen LogP contribution is -2.23. The van der Waals surface area contributed by atoms with Crippen molar-refractivity contribution in [3.63, 3.8) is 0 Å². The molecular formula is C16H21N3. The number of nitrogens with one attached hydrogen (secondary N) is 1. The average molecular weight is 255 g/mol. The van der Waals surface area contributed by atoms with E-state index in [9.17, 15) is 0 Å². The van der Waals surface area contributed by atoms with E-state index in [4.69, 9.17) is 0 Å². The van der Waals surface area contributed by atoms with Crippen LogP contribution in [0, 0.1) is 20.8 Å². The number of nitrogens with zero attached hydrogens (tertiary/aromatic N) is 2. The standard InChI is InChI=1S/C16H21N3/c1-5-19-16(14-8-17-10-18-9-14)15-7-12(3)11(2)6-13(15)4/h6-10,16,19H,5H2,1-4H3. The Morgan fingerprint density at radius 1 is 1.00 bits per heavy atom. The van der Waals surface area contributed by atoms with E-state index in [1.165, 1.54) is 22.3 Å². The van der Waals surface area contributed by atoms with E-state index < -0.39 is 0 Å². The van der Waals surface area contributed by atoms with Crippen molar-refractivity contribution in [2.45, 2.75) is 33.7 Å². The largest absolute Gasteiger partial charge is 0.306 e. The molecule has 1 aromatic heterocycles. The van der Waals surface area contributed by atoms with Gasteiger partial charge in [0.15, 0.2) is 0 Å². The zero-order chi connectivity index (χ0) is 13.8. The molecule has 0 aliphatic rings. The average Bonchev–Trinajstić information content (AvgIpc) is 2.42. The number of rotatable bonds is 4. The molecule has 0 spiro atoms. The maximum Gasteiger partial charge on any atom is 0.115 e. The van der Waals surface area contributed by atoms with Gasteiger partial charge in [-0.2, -0.15) is 0 Å². The molecule has 0 aliphatic carbocycles. The van der Waals surface area contributed by atoms with E-state index in [1.807, 2.05) is 12.4 Å². The van der Waals surface area contributed by atoms with E-state index >= 15 is 0 Å². The van der Waals surface area contributed by atoms with Gasteiger partial charge in [0.2, 0.25) is 0 Å². The predicted octanol–water partition coefficient (Wildman–Crippen LogP) is 3.10. The Labute approximate surface area is 115 Å². The zero-order valence-corrected chi connectivity index (χ0v) is 12.1. The van der Waals surface area contributed by atoms with Crippen LogP contribution in [-0.4, -0.2) is 16.5 Å². The van der Waals surface area contributed by atoms with Crippen molar-refractivity contribution in [3.05, 3.63) is 58.7 Å². The van der Waals surface area contributed by atoms with Crippen LogP contribution in [0.1, 0.15) is 40.8 Å². The SMILES string of the molecule is CCNC(c1cncnc1)c1cc(C)c(C)cc1C. The molecule has 3 nitrogen and oxygen atoms in total. The third-order valence-corrected chi connectivity index (χ3v) is 3.52. The van der Waals surface area contributed by atoms with Gasteiger partial charge >= 0.3 is 0 Å².